The Morgan fingerprint density at radius 3 is 2.31 bits per heavy atom. The van der Waals surface area contributed by atoms with Crippen molar-refractivity contribution in [3.63, 3.8) is 0 Å². The molecule has 0 aliphatic carbocycles. The Labute approximate surface area is 92.9 Å². The van der Waals surface area contributed by atoms with Gasteiger partial charge in [0, 0.05) is 3.57 Å². The van der Waals surface area contributed by atoms with Crippen molar-refractivity contribution in [2.24, 2.45) is 0 Å². The van der Waals surface area contributed by atoms with Gasteiger partial charge in [0.1, 0.15) is 0 Å². The molecule has 0 saturated carbocycles. The van der Waals surface area contributed by atoms with Crippen LogP contribution in [0.25, 0.3) is 0 Å². The molecule has 1 rings (SSSR count). The average molecular weight is 285 g/mol. The van der Waals surface area contributed by atoms with Crippen molar-refractivity contribution in [3.05, 3.63) is 32.9 Å². The van der Waals surface area contributed by atoms with Gasteiger partial charge in [0.2, 0.25) is 0 Å². The first kappa shape index (κ1) is 10.5. The molecular weight excluding hydrogens is 273 g/mol. The fourth-order valence-electron chi connectivity index (χ4n) is 1.38. The fraction of sp³-hybridized carbons (Fsp3) is 0.364. The summed E-state index contributed by atoms with van der Waals surface area (Å²) in [6, 6.07) is 8.09. The summed E-state index contributed by atoms with van der Waals surface area (Å²) in [7, 11) is 0. The Morgan fingerprint density at radius 1 is 1.31 bits per heavy atom. The Hall–Kier alpha value is -0.560. The highest BCUT2D eigenvalue weighted by Gasteiger charge is 2.20. The molecule has 1 nitrogen and oxygen atoms in total. The van der Waals surface area contributed by atoms with E-state index in [2.05, 4.69) is 49.4 Å². The van der Waals surface area contributed by atoms with Gasteiger partial charge >= 0.3 is 0 Å². The number of rotatable bonds is 0. The summed E-state index contributed by atoms with van der Waals surface area (Å²) in [4.78, 5) is 0. The molecule has 13 heavy (non-hydrogen) atoms. The number of halogens is 1. The van der Waals surface area contributed by atoms with Gasteiger partial charge in [-0.3, -0.25) is 0 Å². The Bertz CT molecular complexity index is 355. The van der Waals surface area contributed by atoms with Crippen LogP contribution in [0.2, 0.25) is 0 Å². The summed E-state index contributed by atoms with van der Waals surface area (Å²) >= 11 is 2.28. The van der Waals surface area contributed by atoms with E-state index in [0.29, 0.717) is 0 Å². The van der Waals surface area contributed by atoms with Gasteiger partial charge in [-0.1, -0.05) is 26.8 Å². The molecule has 1 aromatic rings. The molecule has 0 fully saturated rings. The predicted octanol–water partition coefficient (Wildman–Crippen LogP) is 3.46. The zero-order chi connectivity index (χ0) is 10.1. The number of nitriles is 1. The van der Waals surface area contributed by atoms with Gasteiger partial charge in [0.05, 0.1) is 11.6 Å². The Balaban J connectivity index is 3.43. The molecule has 0 saturated heterocycles. The highest BCUT2D eigenvalue weighted by Crippen LogP contribution is 2.29. The zero-order valence-corrected chi connectivity index (χ0v) is 10.2. The highest BCUT2D eigenvalue weighted by molar-refractivity contribution is 14.1. The average Bonchev–Trinajstić information content (AvgIpc) is 2.01. The molecule has 0 unspecified atom stereocenters. The van der Waals surface area contributed by atoms with E-state index in [4.69, 9.17) is 5.26 Å². The lowest BCUT2D eigenvalue weighted by Crippen LogP contribution is -2.15. The highest BCUT2D eigenvalue weighted by atomic mass is 127. The third kappa shape index (κ3) is 2.22. The van der Waals surface area contributed by atoms with Crippen LogP contribution < -0.4 is 0 Å². The van der Waals surface area contributed by atoms with Crippen molar-refractivity contribution in [3.8, 4) is 6.07 Å². The maximum Gasteiger partial charge on any atom is 0.0995 e. The van der Waals surface area contributed by atoms with Crippen LogP contribution in [0.1, 0.15) is 31.9 Å². The molecule has 0 aliphatic heterocycles. The van der Waals surface area contributed by atoms with Crippen molar-refractivity contribution in [2.75, 3.05) is 0 Å². The molecule has 0 amide bonds. The van der Waals surface area contributed by atoms with E-state index < -0.39 is 0 Å². The second-order valence-electron chi connectivity index (χ2n) is 4.02. The third-order valence-electron chi connectivity index (χ3n) is 1.88. The standard InChI is InChI=1S/C11H12IN/c1-11(2,3)10-8(7-13)5-4-6-9(10)12/h4-6H,1-3H3. The zero-order valence-electron chi connectivity index (χ0n) is 8.06. The van der Waals surface area contributed by atoms with Gasteiger partial charge in [-0.15, -0.1) is 0 Å². The van der Waals surface area contributed by atoms with Crippen LogP contribution >= 0.6 is 22.6 Å². The summed E-state index contributed by atoms with van der Waals surface area (Å²) in [5.74, 6) is 0. The van der Waals surface area contributed by atoms with E-state index in [-0.39, 0.29) is 5.41 Å². The summed E-state index contributed by atoms with van der Waals surface area (Å²) < 4.78 is 1.17. The normalized spacial score (nSPS) is 11.0. The third-order valence-corrected chi connectivity index (χ3v) is 2.78. The van der Waals surface area contributed by atoms with Gasteiger partial charge in [0.15, 0.2) is 0 Å². The first-order chi connectivity index (χ1) is 5.96. The molecule has 0 radical (unpaired) electrons. The minimum absolute atomic E-state index is 0.0445. The molecule has 2 heteroatoms. The van der Waals surface area contributed by atoms with Crippen LogP contribution in [0.4, 0.5) is 0 Å². The second kappa shape index (κ2) is 3.67. The van der Waals surface area contributed by atoms with Gasteiger partial charge in [-0.2, -0.15) is 5.26 Å². The lowest BCUT2D eigenvalue weighted by atomic mass is 9.84. The van der Waals surface area contributed by atoms with E-state index in [1.165, 1.54) is 3.57 Å². The minimum Gasteiger partial charge on any atom is -0.192 e. The van der Waals surface area contributed by atoms with Crippen molar-refractivity contribution in [1.82, 2.24) is 0 Å². The number of benzene rings is 1. The molecule has 0 atom stereocenters. The number of hydrogen-bond acceptors (Lipinski definition) is 1. The Kier molecular flexibility index (Phi) is 2.97. The molecule has 0 spiro atoms. The van der Waals surface area contributed by atoms with Gasteiger partial charge in [-0.05, 0) is 45.7 Å². The van der Waals surface area contributed by atoms with Crippen molar-refractivity contribution >= 4 is 22.6 Å². The van der Waals surface area contributed by atoms with Crippen LogP contribution in [0.5, 0.6) is 0 Å². The quantitative estimate of drug-likeness (QED) is 0.670. The van der Waals surface area contributed by atoms with Crippen molar-refractivity contribution in [1.29, 1.82) is 5.26 Å². The van der Waals surface area contributed by atoms with Crippen molar-refractivity contribution < 1.29 is 0 Å². The largest absolute Gasteiger partial charge is 0.192 e. The summed E-state index contributed by atoms with van der Waals surface area (Å²) in [6.45, 7) is 6.39. The number of hydrogen-bond donors (Lipinski definition) is 0. The van der Waals surface area contributed by atoms with Crippen LogP contribution in [0, 0.1) is 14.9 Å². The Morgan fingerprint density at radius 2 is 1.92 bits per heavy atom. The van der Waals surface area contributed by atoms with E-state index in [1.807, 2.05) is 18.2 Å². The molecule has 0 heterocycles. The molecule has 0 bridgehead atoms. The molecule has 68 valence electrons. The van der Waals surface area contributed by atoms with Crippen LogP contribution in [0.3, 0.4) is 0 Å². The monoisotopic (exact) mass is 285 g/mol. The smallest absolute Gasteiger partial charge is 0.0995 e. The minimum atomic E-state index is 0.0445. The van der Waals surface area contributed by atoms with Gasteiger partial charge in [0.25, 0.3) is 0 Å². The number of nitrogens with zero attached hydrogens (tertiary/aromatic N) is 1. The maximum atomic E-state index is 8.95. The van der Waals surface area contributed by atoms with Crippen molar-refractivity contribution in [2.45, 2.75) is 26.2 Å². The fourth-order valence-corrected chi connectivity index (χ4v) is 2.69. The molecule has 0 N–H and O–H groups in total. The lowest BCUT2D eigenvalue weighted by molar-refractivity contribution is 0.585. The molecule has 1 aromatic carbocycles. The van der Waals surface area contributed by atoms with Crippen LogP contribution in [0.15, 0.2) is 18.2 Å². The first-order valence-electron chi connectivity index (χ1n) is 4.16. The maximum absolute atomic E-state index is 8.95. The second-order valence-corrected chi connectivity index (χ2v) is 5.19. The molecular formula is C11H12IN. The van der Waals surface area contributed by atoms with E-state index in [0.717, 1.165) is 11.1 Å². The SMILES string of the molecule is CC(C)(C)c1c(I)cccc1C#N. The van der Waals surface area contributed by atoms with Crippen LogP contribution in [-0.2, 0) is 5.41 Å². The van der Waals surface area contributed by atoms with Gasteiger partial charge in [-0.25, -0.2) is 0 Å². The van der Waals surface area contributed by atoms with E-state index >= 15 is 0 Å². The summed E-state index contributed by atoms with van der Waals surface area (Å²) in [5, 5.41) is 8.95. The topological polar surface area (TPSA) is 23.8 Å². The molecule has 0 aliphatic rings. The summed E-state index contributed by atoms with van der Waals surface area (Å²) in [6.07, 6.45) is 0. The van der Waals surface area contributed by atoms with E-state index in [9.17, 15) is 0 Å². The predicted molar refractivity (Wildman–Crippen MR) is 62.6 cm³/mol. The molecule has 0 aromatic heterocycles. The van der Waals surface area contributed by atoms with E-state index in [1.54, 1.807) is 0 Å². The lowest BCUT2D eigenvalue weighted by Gasteiger charge is -2.21. The van der Waals surface area contributed by atoms with Gasteiger partial charge < -0.3 is 0 Å². The van der Waals surface area contributed by atoms with Crippen LogP contribution in [-0.4, -0.2) is 0 Å². The summed E-state index contributed by atoms with van der Waals surface area (Å²) in [5.41, 5.74) is 1.99. The first-order valence-corrected chi connectivity index (χ1v) is 5.24.